The van der Waals surface area contributed by atoms with Gasteiger partial charge in [-0.05, 0) is 47.2 Å². The van der Waals surface area contributed by atoms with E-state index in [1.165, 1.54) is 5.56 Å². The third kappa shape index (κ3) is 7.29. The van der Waals surface area contributed by atoms with Gasteiger partial charge in [-0.2, -0.15) is 0 Å². The van der Waals surface area contributed by atoms with Crippen molar-refractivity contribution < 1.29 is 9.59 Å². The van der Waals surface area contributed by atoms with Gasteiger partial charge in [0, 0.05) is 30.9 Å². The van der Waals surface area contributed by atoms with Crippen LogP contribution in [-0.2, 0) is 35.4 Å². The zero-order valence-corrected chi connectivity index (χ0v) is 20.8. The van der Waals surface area contributed by atoms with Gasteiger partial charge in [-0.25, -0.2) is 0 Å². The molecule has 0 saturated heterocycles. The molecule has 3 aromatic rings. The lowest BCUT2D eigenvalue weighted by Gasteiger charge is -2.31. The van der Waals surface area contributed by atoms with Crippen molar-refractivity contribution in [1.29, 1.82) is 0 Å². The molecule has 0 aromatic heterocycles. The molecule has 4 nitrogen and oxygen atoms in total. The molecule has 33 heavy (non-hydrogen) atoms. The number of rotatable bonds is 10. The lowest BCUT2D eigenvalue weighted by Crippen LogP contribution is -2.49. The van der Waals surface area contributed by atoms with E-state index in [0.717, 1.165) is 27.6 Å². The Bertz CT molecular complexity index is 1030. The number of halogens is 1. The van der Waals surface area contributed by atoms with Gasteiger partial charge < -0.3 is 10.2 Å². The molecule has 2 amide bonds. The lowest BCUT2D eigenvalue weighted by molar-refractivity contribution is -0.141. The first-order valence-electron chi connectivity index (χ1n) is 11.4. The number of nitrogens with zero attached hydrogens (tertiary/aromatic N) is 1. The van der Waals surface area contributed by atoms with Crippen LogP contribution in [0.25, 0.3) is 0 Å². The Morgan fingerprint density at radius 2 is 1.45 bits per heavy atom. The maximum atomic E-state index is 13.5. The van der Waals surface area contributed by atoms with Gasteiger partial charge in [0.2, 0.25) is 11.8 Å². The molecule has 0 aliphatic rings. The number of likely N-dealkylation sites (N-methyl/N-ethyl adjacent to an activating group) is 1. The first-order valence-corrected chi connectivity index (χ1v) is 12.2. The molecule has 0 saturated carbocycles. The van der Waals surface area contributed by atoms with Gasteiger partial charge in [-0.15, -0.1) is 0 Å². The maximum absolute atomic E-state index is 13.5. The van der Waals surface area contributed by atoms with Crippen molar-refractivity contribution in [2.24, 2.45) is 0 Å². The van der Waals surface area contributed by atoms with E-state index < -0.39 is 6.04 Å². The molecule has 0 aliphatic heterocycles. The summed E-state index contributed by atoms with van der Waals surface area (Å²) >= 11 is 3.46. The molecule has 0 spiro atoms. The van der Waals surface area contributed by atoms with Crippen LogP contribution >= 0.6 is 15.9 Å². The summed E-state index contributed by atoms with van der Waals surface area (Å²) in [5.74, 6) is -0.182. The van der Waals surface area contributed by atoms with Crippen LogP contribution in [0.2, 0.25) is 0 Å². The summed E-state index contributed by atoms with van der Waals surface area (Å²) in [5, 5.41) is 2.76. The fraction of sp³-hybridized carbons (Fsp3) is 0.286. The van der Waals surface area contributed by atoms with Gasteiger partial charge in [0.1, 0.15) is 6.04 Å². The highest BCUT2D eigenvalue weighted by Gasteiger charge is 2.29. The molecule has 1 N–H and O–H groups in total. The highest BCUT2D eigenvalue weighted by atomic mass is 79.9. The standard InChI is InChI=1S/C28H31BrN2O2/c1-3-21-9-11-22(12-10-21)15-18-27(32)31(20-24-13-16-25(29)17-14-24)26(28(33)30-2)19-23-7-5-4-6-8-23/h4-14,16-17,26H,3,15,18-20H2,1-2H3,(H,30,33)/t26-/m1/s1. The molecular weight excluding hydrogens is 476 g/mol. The Labute approximate surface area is 205 Å². The van der Waals surface area contributed by atoms with Crippen LogP contribution in [0.1, 0.15) is 35.6 Å². The molecule has 0 fully saturated rings. The summed E-state index contributed by atoms with van der Waals surface area (Å²) in [5.41, 5.74) is 4.42. The number of hydrogen-bond acceptors (Lipinski definition) is 2. The minimum absolute atomic E-state index is 0.0259. The topological polar surface area (TPSA) is 49.4 Å². The van der Waals surface area contributed by atoms with E-state index in [2.05, 4.69) is 52.4 Å². The number of amides is 2. The molecule has 0 unspecified atom stereocenters. The van der Waals surface area contributed by atoms with Crippen molar-refractivity contribution in [3.8, 4) is 0 Å². The third-order valence-electron chi connectivity index (χ3n) is 5.84. The molecule has 0 aliphatic carbocycles. The number of hydrogen-bond donors (Lipinski definition) is 1. The van der Waals surface area contributed by atoms with Crippen LogP contribution in [0.4, 0.5) is 0 Å². The van der Waals surface area contributed by atoms with E-state index in [-0.39, 0.29) is 11.8 Å². The normalized spacial score (nSPS) is 11.6. The highest BCUT2D eigenvalue weighted by Crippen LogP contribution is 2.18. The van der Waals surface area contributed by atoms with Crippen LogP contribution in [0.5, 0.6) is 0 Å². The van der Waals surface area contributed by atoms with Crippen molar-refractivity contribution in [2.45, 2.75) is 45.2 Å². The first-order chi connectivity index (χ1) is 16.0. The number of benzene rings is 3. The predicted octanol–water partition coefficient (Wildman–Crippen LogP) is 5.33. The monoisotopic (exact) mass is 506 g/mol. The number of aryl methyl sites for hydroxylation is 2. The van der Waals surface area contributed by atoms with Crippen molar-refractivity contribution >= 4 is 27.7 Å². The molecule has 3 rings (SSSR count). The van der Waals surface area contributed by atoms with E-state index in [4.69, 9.17) is 0 Å². The Hall–Kier alpha value is -2.92. The number of carbonyl (C=O) groups excluding carboxylic acids is 2. The highest BCUT2D eigenvalue weighted by molar-refractivity contribution is 9.10. The van der Waals surface area contributed by atoms with Crippen LogP contribution in [0.3, 0.4) is 0 Å². The zero-order chi connectivity index (χ0) is 23.6. The summed E-state index contributed by atoms with van der Waals surface area (Å²) < 4.78 is 0.979. The average Bonchev–Trinajstić information content (AvgIpc) is 2.86. The quantitative estimate of drug-likeness (QED) is 0.403. The number of carbonyl (C=O) groups is 2. The van der Waals surface area contributed by atoms with Gasteiger partial charge in [0.15, 0.2) is 0 Å². The first kappa shape index (κ1) is 24.7. The van der Waals surface area contributed by atoms with Crippen molar-refractivity contribution in [2.75, 3.05) is 7.05 Å². The second-order valence-corrected chi connectivity index (χ2v) is 9.05. The van der Waals surface area contributed by atoms with E-state index in [9.17, 15) is 9.59 Å². The molecule has 0 heterocycles. The smallest absolute Gasteiger partial charge is 0.242 e. The molecule has 172 valence electrons. The third-order valence-corrected chi connectivity index (χ3v) is 6.37. The second-order valence-electron chi connectivity index (χ2n) is 8.14. The van der Waals surface area contributed by atoms with Gasteiger partial charge in [0.25, 0.3) is 0 Å². The van der Waals surface area contributed by atoms with Gasteiger partial charge in [-0.1, -0.05) is 89.6 Å². The van der Waals surface area contributed by atoms with Crippen LogP contribution in [-0.4, -0.2) is 29.8 Å². The van der Waals surface area contributed by atoms with E-state index in [1.807, 2.05) is 54.6 Å². The molecule has 1 atom stereocenters. The number of nitrogens with one attached hydrogen (secondary N) is 1. The lowest BCUT2D eigenvalue weighted by atomic mass is 10.0. The van der Waals surface area contributed by atoms with Crippen molar-refractivity contribution in [1.82, 2.24) is 10.2 Å². The van der Waals surface area contributed by atoms with Gasteiger partial charge in [-0.3, -0.25) is 9.59 Å². The largest absolute Gasteiger partial charge is 0.357 e. The average molecular weight is 507 g/mol. The van der Waals surface area contributed by atoms with Crippen LogP contribution < -0.4 is 5.32 Å². The fourth-order valence-corrected chi connectivity index (χ4v) is 4.11. The maximum Gasteiger partial charge on any atom is 0.242 e. The van der Waals surface area contributed by atoms with E-state index in [0.29, 0.717) is 25.8 Å². The van der Waals surface area contributed by atoms with E-state index in [1.54, 1.807) is 11.9 Å². The van der Waals surface area contributed by atoms with Crippen LogP contribution in [0, 0.1) is 0 Å². The van der Waals surface area contributed by atoms with Gasteiger partial charge in [0.05, 0.1) is 0 Å². The molecule has 0 radical (unpaired) electrons. The summed E-state index contributed by atoms with van der Waals surface area (Å²) in [7, 11) is 1.62. The predicted molar refractivity (Wildman–Crippen MR) is 137 cm³/mol. The Balaban J connectivity index is 1.84. The van der Waals surface area contributed by atoms with Crippen LogP contribution in [0.15, 0.2) is 83.3 Å². The van der Waals surface area contributed by atoms with Crippen molar-refractivity contribution in [3.05, 3.63) is 106 Å². The minimum Gasteiger partial charge on any atom is -0.357 e. The summed E-state index contributed by atoms with van der Waals surface area (Å²) in [4.78, 5) is 28.2. The molecular formula is C28H31BrN2O2. The molecule has 3 aromatic carbocycles. The Morgan fingerprint density at radius 1 is 0.848 bits per heavy atom. The summed E-state index contributed by atoms with van der Waals surface area (Å²) in [6.45, 7) is 2.51. The minimum atomic E-state index is -0.587. The van der Waals surface area contributed by atoms with Crippen molar-refractivity contribution in [3.63, 3.8) is 0 Å². The Morgan fingerprint density at radius 3 is 2.06 bits per heavy atom. The second kappa shape index (κ2) is 12.4. The van der Waals surface area contributed by atoms with Gasteiger partial charge >= 0.3 is 0 Å². The Kier molecular flexibility index (Phi) is 9.25. The molecule has 5 heteroatoms. The molecule has 0 bridgehead atoms. The summed E-state index contributed by atoms with van der Waals surface area (Å²) in [6, 6.07) is 25.5. The summed E-state index contributed by atoms with van der Waals surface area (Å²) in [6.07, 6.45) is 2.46. The fourth-order valence-electron chi connectivity index (χ4n) is 3.84. The van der Waals surface area contributed by atoms with E-state index >= 15 is 0 Å². The zero-order valence-electron chi connectivity index (χ0n) is 19.3. The SMILES string of the molecule is CCc1ccc(CCC(=O)N(Cc2ccc(Br)cc2)[C@H](Cc2ccccc2)C(=O)NC)cc1.